The summed E-state index contributed by atoms with van der Waals surface area (Å²) in [5, 5.41) is 17.9. The highest BCUT2D eigenvalue weighted by Crippen LogP contribution is 2.15. The summed E-state index contributed by atoms with van der Waals surface area (Å²) in [6, 6.07) is 13.1. The van der Waals surface area contributed by atoms with Gasteiger partial charge in [0.25, 0.3) is 5.91 Å². The first-order valence-corrected chi connectivity index (χ1v) is 8.34. The number of pyridine rings is 1. The van der Waals surface area contributed by atoms with Crippen molar-refractivity contribution in [3.63, 3.8) is 0 Å². The van der Waals surface area contributed by atoms with Gasteiger partial charge in [-0.25, -0.2) is 4.98 Å². The number of hydrogen-bond donors (Lipinski definition) is 2. The maximum absolute atomic E-state index is 12.3. The van der Waals surface area contributed by atoms with E-state index in [1.54, 1.807) is 12.1 Å². The third-order valence-electron chi connectivity index (χ3n) is 4.06. The molecule has 0 aliphatic carbocycles. The van der Waals surface area contributed by atoms with Gasteiger partial charge in [0.2, 0.25) is 0 Å². The van der Waals surface area contributed by atoms with Gasteiger partial charge in [-0.2, -0.15) is 5.10 Å². The van der Waals surface area contributed by atoms with Crippen LogP contribution in [0.4, 0.5) is 0 Å². The van der Waals surface area contributed by atoms with Crippen LogP contribution in [0.15, 0.2) is 55.0 Å². The number of rotatable bonds is 6. The van der Waals surface area contributed by atoms with Gasteiger partial charge < -0.3 is 5.32 Å². The fourth-order valence-corrected chi connectivity index (χ4v) is 2.76. The van der Waals surface area contributed by atoms with Gasteiger partial charge in [0.15, 0.2) is 11.5 Å². The summed E-state index contributed by atoms with van der Waals surface area (Å²) in [5.74, 6) is 1.41. The summed E-state index contributed by atoms with van der Waals surface area (Å²) >= 11 is 0. The van der Waals surface area contributed by atoms with Gasteiger partial charge in [-0.05, 0) is 30.7 Å². The highest BCUT2D eigenvalue weighted by Gasteiger charge is 2.09. The average Bonchev–Trinajstić information content (AvgIpc) is 3.35. The lowest BCUT2D eigenvalue weighted by molar-refractivity contribution is 0.0953. The van der Waals surface area contributed by atoms with Crippen molar-refractivity contribution in [2.45, 2.75) is 12.8 Å². The molecule has 0 fully saturated rings. The Morgan fingerprint density at radius 1 is 1.15 bits per heavy atom. The normalized spacial score (nSPS) is 10.9. The standard InChI is InChI=1S/C18H17N7O/c26-18(14-6-3-5-13(11-14)17-20-12-21-24-17)19-9-4-8-16-23-22-15-7-1-2-10-25(15)16/h1-3,5-7,10-12H,4,8-9H2,(H,19,26)(H,20,21,24). The first-order valence-electron chi connectivity index (χ1n) is 8.34. The minimum atomic E-state index is -0.113. The second kappa shape index (κ2) is 7.14. The third-order valence-corrected chi connectivity index (χ3v) is 4.06. The predicted octanol–water partition coefficient (Wildman–Crippen LogP) is 1.88. The maximum atomic E-state index is 12.3. The second-order valence-electron chi connectivity index (χ2n) is 5.82. The van der Waals surface area contributed by atoms with Gasteiger partial charge in [0, 0.05) is 30.3 Å². The molecule has 1 aromatic carbocycles. The molecule has 0 saturated carbocycles. The van der Waals surface area contributed by atoms with E-state index in [-0.39, 0.29) is 5.91 Å². The van der Waals surface area contributed by atoms with Crippen molar-refractivity contribution < 1.29 is 4.79 Å². The molecule has 2 N–H and O–H groups in total. The summed E-state index contributed by atoms with van der Waals surface area (Å²) in [6.45, 7) is 0.563. The number of fused-ring (bicyclic) bond motifs is 1. The Balaban J connectivity index is 1.34. The Labute approximate surface area is 149 Å². The van der Waals surface area contributed by atoms with Crippen LogP contribution in [0.3, 0.4) is 0 Å². The van der Waals surface area contributed by atoms with Gasteiger partial charge in [-0.1, -0.05) is 18.2 Å². The Hall–Kier alpha value is -3.55. The molecule has 4 aromatic rings. The van der Waals surface area contributed by atoms with Crippen LogP contribution in [0.1, 0.15) is 22.6 Å². The molecule has 3 aromatic heterocycles. The Bertz CT molecular complexity index is 1020. The molecule has 0 unspecified atom stereocenters. The molecule has 26 heavy (non-hydrogen) atoms. The SMILES string of the molecule is O=C(NCCCc1nnc2ccccn12)c1cccc(-c2ncn[nH]2)c1. The zero-order valence-corrected chi connectivity index (χ0v) is 14.0. The topological polar surface area (TPSA) is 101 Å². The number of nitrogens with zero attached hydrogens (tertiary/aromatic N) is 5. The number of aryl methyl sites for hydroxylation is 1. The summed E-state index contributed by atoms with van der Waals surface area (Å²) in [6.07, 6.45) is 4.90. The quantitative estimate of drug-likeness (QED) is 0.519. The molecule has 1 amide bonds. The molecule has 3 heterocycles. The Morgan fingerprint density at radius 3 is 3.00 bits per heavy atom. The molecule has 0 saturated heterocycles. The number of carbonyl (C=O) groups excluding carboxylic acids is 1. The van der Waals surface area contributed by atoms with E-state index in [0.717, 1.165) is 29.9 Å². The molecular weight excluding hydrogens is 330 g/mol. The number of carbonyl (C=O) groups is 1. The van der Waals surface area contributed by atoms with Crippen LogP contribution in [0, 0.1) is 0 Å². The van der Waals surface area contributed by atoms with Crippen molar-refractivity contribution >= 4 is 11.6 Å². The predicted molar refractivity (Wildman–Crippen MR) is 95.5 cm³/mol. The average molecular weight is 347 g/mol. The van der Waals surface area contributed by atoms with Crippen LogP contribution in [0.2, 0.25) is 0 Å². The minimum absolute atomic E-state index is 0.113. The van der Waals surface area contributed by atoms with Gasteiger partial charge in [-0.3, -0.25) is 14.3 Å². The number of aromatic nitrogens is 6. The number of amides is 1. The van der Waals surface area contributed by atoms with Crippen molar-refractivity contribution in [2.24, 2.45) is 0 Å². The smallest absolute Gasteiger partial charge is 0.251 e. The lowest BCUT2D eigenvalue weighted by atomic mass is 10.1. The maximum Gasteiger partial charge on any atom is 0.251 e. The lowest BCUT2D eigenvalue weighted by Crippen LogP contribution is -2.24. The first-order chi connectivity index (χ1) is 12.8. The van der Waals surface area contributed by atoms with Crippen LogP contribution in [0.25, 0.3) is 17.0 Å². The molecule has 0 radical (unpaired) electrons. The molecule has 0 bridgehead atoms. The van der Waals surface area contributed by atoms with Crippen LogP contribution < -0.4 is 5.32 Å². The van der Waals surface area contributed by atoms with Gasteiger partial charge in [0.05, 0.1) is 0 Å². The van der Waals surface area contributed by atoms with Crippen molar-refractivity contribution in [2.75, 3.05) is 6.54 Å². The van der Waals surface area contributed by atoms with E-state index in [4.69, 9.17) is 0 Å². The molecule has 4 rings (SSSR count). The monoisotopic (exact) mass is 347 g/mol. The molecule has 130 valence electrons. The molecule has 8 heteroatoms. The summed E-state index contributed by atoms with van der Waals surface area (Å²) < 4.78 is 1.96. The number of nitrogens with one attached hydrogen (secondary N) is 2. The van der Waals surface area contributed by atoms with E-state index >= 15 is 0 Å². The van der Waals surface area contributed by atoms with E-state index < -0.39 is 0 Å². The fourth-order valence-electron chi connectivity index (χ4n) is 2.76. The first kappa shape index (κ1) is 15.9. The van der Waals surface area contributed by atoms with Crippen LogP contribution >= 0.6 is 0 Å². The minimum Gasteiger partial charge on any atom is -0.352 e. The zero-order valence-electron chi connectivity index (χ0n) is 14.0. The van der Waals surface area contributed by atoms with E-state index in [9.17, 15) is 4.79 Å². The van der Waals surface area contributed by atoms with Crippen LogP contribution in [-0.4, -0.2) is 42.2 Å². The van der Waals surface area contributed by atoms with E-state index in [1.807, 2.05) is 40.9 Å². The number of benzene rings is 1. The van der Waals surface area contributed by atoms with Gasteiger partial charge in [0.1, 0.15) is 12.2 Å². The van der Waals surface area contributed by atoms with E-state index in [1.165, 1.54) is 6.33 Å². The second-order valence-corrected chi connectivity index (χ2v) is 5.82. The highest BCUT2D eigenvalue weighted by molar-refractivity contribution is 5.95. The molecular formula is C18H17N7O. The van der Waals surface area contributed by atoms with Crippen molar-refractivity contribution in [3.05, 3.63) is 66.4 Å². The number of H-pyrrole nitrogens is 1. The molecule has 0 spiro atoms. The Kier molecular flexibility index (Phi) is 4.38. The molecule has 0 aliphatic rings. The van der Waals surface area contributed by atoms with Crippen molar-refractivity contribution in [1.29, 1.82) is 0 Å². The summed E-state index contributed by atoms with van der Waals surface area (Å²) in [7, 11) is 0. The van der Waals surface area contributed by atoms with Gasteiger partial charge >= 0.3 is 0 Å². The van der Waals surface area contributed by atoms with Crippen molar-refractivity contribution in [3.8, 4) is 11.4 Å². The van der Waals surface area contributed by atoms with Crippen molar-refractivity contribution in [1.82, 2.24) is 35.1 Å². The Morgan fingerprint density at radius 2 is 2.12 bits per heavy atom. The fraction of sp³-hybridized carbons (Fsp3) is 0.167. The number of hydrogen-bond acceptors (Lipinski definition) is 5. The van der Waals surface area contributed by atoms with E-state index in [2.05, 4.69) is 30.7 Å². The van der Waals surface area contributed by atoms with Crippen LogP contribution in [0.5, 0.6) is 0 Å². The van der Waals surface area contributed by atoms with Gasteiger partial charge in [-0.15, -0.1) is 10.2 Å². The van der Waals surface area contributed by atoms with Crippen LogP contribution in [-0.2, 0) is 6.42 Å². The largest absolute Gasteiger partial charge is 0.352 e. The van der Waals surface area contributed by atoms with E-state index in [0.29, 0.717) is 17.9 Å². The number of aromatic amines is 1. The molecule has 0 atom stereocenters. The lowest BCUT2D eigenvalue weighted by Gasteiger charge is -2.06. The summed E-state index contributed by atoms with van der Waals surface area (Å²) in [4.78, 5) is 16.5. The molecule has 8 nitrogen and oxygen atoms in total. The zero-order chi connectivity index (χ0) is 17.8. The highest BCUT2D eigenvalue weighted by atomic mass is 16.1. The third kappa shape index (κ3) is 3.30. The summed E-state index contributed by atoms with van der Waals surface area (Å²) in [5.41, 5.74) is 2.24. The molecule has 0 aliphatic heterocycles.